The van der Waals surface area contributed by atoms with E-state index in [2.05, 4.69) is 25.9 Å². The van der Waals surface area contributed by atoms with Crippen molar-refractivity contribution in [3.63, 3.8) is 0 Å². The van der Waals surface area contributed by atoms with Crippen molar-refractivity contribution >= 4 is 64.4 Å². The first-order valence-corrected chi connectivity index (χ1v) is 21.6. The van der Waals surface area contributed by atoms with Gasteiger partial charge >= 0.3 is 11.4 Å². The van der Waals surface area contributed by atoms with Crippen molar-refractivity contribution in [2.45, 2.75) is 61.1 Å². The number of hydrogen-bond donors (Lipinski definition) is 4. The van der Waals surface area contributed by atoms with Gasteiger partial charge in [-0.2, -0.15) is 4.31 Å². The molecule has 18 nitrogen and oxygen atoms in total. The molecule has 0 atom stereocenters. The van der Waals surface area contributed by atoms with Crippen LogP contribution in [0.25, 0.3) is 0 Å². The van der Waals surface area contributed by atoms with Gasteiger partial charge in [0, 0.05) is 65.4 Å². The van der Waals surface area contributed by atoms with Crippen molar-refractivity contribution in [1.29, 1.82) is 0 Å². The number of pyridine rings is 2. The maximum absolute atomic E-state index is 12.9. The summed E-state index contributed by atoms with van der Waals surface area (Å²) in [6, 6.07) is 14.8. The molecule has 0 unspecified atom stereocenters. The lowest BCUT2D eigenvalue weighted by Crippen LogP contribution is -2.42. The van der Waals surface area contributed by atoms with Gasteiger partial charge in [-0.15, -0.1) is 0 Å². The zero-order valence-electron chi connectivity index (χ0n) is 30.9. The Labute approximate surface area is 339 Å². The number of rotatable bonds is 11. The zero-order valence-corrected chi connectivity index (χ0v) is 34.0. The van der Waals surface area contributed by atoms with Gasteiger partial charge in [0.05, 0.1) is 33.4 Å². The summed E-state index contributed by atoms with van der Waals surface area (Å²) in [6.45, 7) is 4.10. The molecule has 0 aliphatic carbocycles. The van der Waals surface area contributed by atoms with Crippen LogP contribution in [0.1, 0.15) is 36.8 Å². The maximum Gasteiger partial charge on any atom is 0.311 e. The summed E-state index contributed by atoms with van der Waals surface area (Å²) in [6.07, 6.45) is 6.04. The van der Waals surface area contributed by atoms with Crippen LogP contribution in [-0.4, -0.2) is 91.4 Å². The Hall–Kier alpha value is -4.70. The number of aliphatic hydroxyl groups excluding tert-OH is 1. The second kappa shape index (κ2) is 20.6. The highest BCUT2D eigenvalue weighted by molar-refractivity contribution is 8.13. The lowest BCUT2D eigenvalue weighted by molar-refractivity contribution is -0.384. The monoisotopic (exact) mass is 868 g/mol. The summed E-state index contributed by atoms with van der Waals surface area (Å²) >= 11 is 5.65. The van der Waals surface area contributed by atoms with E-state index in [0.29, 0.717) is 43.1 Å². The van der Waals surface area contributed by atoms with Crippen molar-refractivity contribution in [2.24, 2.45) is 0 Å². The molecule has 0 spiro atoms. The molecule has 4 aromatic rings. The fraction of sp³-hybridized carbons (Fsp3) is 0.371. The molecular weight excluding hydrogens is 827 g/mol. The number of methoxy groups -OCH3 is 1. The molecule has 0 amide bonds. The van der Waals surface area contributed by atoms with E-state index in [1.54, 1.807) is 44.5 Å². The molecule has 57 heavy (non-hydrogen) atoms. The fourth-order valence-corrected chi connectivity index (χ4v) is 8.51. The van der Waals surface area contributed by atoms with Gasteiger partial charge in [0.2, 0.25) is 21.7 Å². The molecule has 2 saturated heterocycles. The van der Waals surface area contributed by atoms with E-state index in [4.69, 9.17) is 32.1 Å². The highest BCUT2D eigenvalue weighted by atomic mass is 35.7. The zero-order chi connectivity index (χ0) is 41.8. The number of ether oxygens (including phenoxy) is 1. The Morgan fingerprint density at radius 3 is 1.84 bits per heavy atom. The first-order valence-electron chi connectivity index (χ1n) is 17.5. The van der Waals surface area contributed by atoms with Crippen LogP contribution in [0.4, 0.5) is 23.0 Å². The van der Waals surface area contributed by atoms with Gasteiger partial charge in [-0.05, 0) is 99.3 Å². The largest absolute Gasteiger partial charge is 0.496 e. The van der Waals surface area contributed by atoms with Crippen LogP contribution in [0.15, 0.2) is 82.8 Å². The summed E-state index contributed by atoms with van der Waals surface area (Å²) in [5.74, 6) is 1.22. The van der Waals surface area contributed by atoms with Crippen LogP contribution in [0.2, 0.25) is 5.02 Å². The lowest BCUT2D eigenvalue weighted by atomic mass is 10.1. The van der Waals surface area contributed by atoms with E-state index in [9.17, 15) is 37.1 Å². The van der Waals surface area contributed by atoms with Crippen molar-refractivity contribution in [3.8, 4) is 5.75 Å². The summed E-state index contributed by atoms with van der Waals surface area (Å²) in [7, 11) is -0.726. The third-order valence-corrected chi connectivity index (χ3v) is 12.5. The average molecular weight is 870 g/mol. The van der Waals surface area contributed by atoms with Crippen LogP contribution in [0, 0.1) is 27.2 Å². The molecule has 2 aliphatic heterocycles. The SMILES string of the molecule is COc1ccc(S(=O)(=O)N2CCC(Nc3ncccc3[N+](=O)[O-])CC2)cc1C.O=S(=O)(Cl)c1ccc(CO)c(Cl)c1.O=[N+]([O-])c1cccnc1NC1CCNCC1. The topological polar surface area (TPSA) is 249 Å². The van der Waals surface area contributed by atoms with Crippen LogP contribution in [-0.2, 0) is 25.7 Å². The normalized spacial score (nSPS) is 15.2. The number of nitrogens with one attached hydrogen (secondary N) is 3. The summed E-state index contributed by atoms with van der Waals surface area (Å²) in [4.78, 5) is 29.2. The van der Waals surface area contributed by atoms with Crippen LogP contribution in [0.3, 0.4) is 0 Å². The Morgan fingerprint density at radius 1 is 0.860 bits per heavy atom. The molecule has 4 heterocycles. The third-order valence-electron chi connectivity index (χ3n) is 8.92. The van der Waals surface area contributed by atoms with Gasteiger partial charge in [0.15, 0.2) is 0 Å². The first-order chi connectivity index (χ1) is 27.0. The van der Waals surface area contributed by atoms with Crippen molar-refractivity contribution in [2.75, 3.05) is 43.9 Å². The molecule has 22 heteroatoms. The first kappa shape index (κ1) is 45.0. The number of nitro groups is 2. The molecule has 2 aliphatic rings. The number of hydrogen-bond acceptors (Lipinski definition) is 15. The number of halogens is 2. The Morgan fingerprint density at radius 2 is 1.39 bits per heavy atom. The van der Waals surface area contributed by atoms with E-state index in [1.807, 2.05) is 0 Å². The molecule has 308 valence electrons. The molecular formula is C35H42Cl2N8O10S2. The summed E-state index contributed by atoms with van der Waals surface area (Å²) < 4.78 is 54.1. The second-order valence-electron chi connectivity index (χ2n) is 12.7. The Bertz CT molecular complexity index is 2240. The van der Waals surface area contributed by atoms with E-state index in [-0.39, 0.29) is 50.7 Å². The summed E-state index contributed by atoms with van der Waals surface area (Å²) in [5, 5.41) is 40.3. The van der Waals surface area contributed by atoms with E-state index in [0.717, 1.165) is 31.5 Å². The molecule has 6 rings (SSSR count). The second-order valence-corrected chi connectivity index (χ2v) is 17.6. The number of nitrogens with zero attached hydrogens (tertiary/aromatic N) is 5. The predicted octanol–water partition coefficient (Wildman–Crippen LogP) is 5.49. The average Bonchev–Trinajstić information content (AvgIpc) is 3.19. The number of aryl methyl sites for hydroxylation is 1. The number of anilines is 2. The molecule has 0 bridgehead atoms. The van der Waals surface area contributed by atoms with E-state index < -0.39 is 28.9 Å². The Kier molecular flexibility index (Phi) is 16.3. The Balaban J connectivity index is 0.000000209. The molecule has 2 fully saturated rings. The molecule has 0 saturated carbocycles. The maximum atomic E-state index is 12.9. The summed E-state index contributed by atoms with van der Waals surface area (Å²) in [5.41, 5.74) is 1.17. The number of benzene rings is 2. The number of piperidine rings is 2. The van der Waals surface area contributed by atoms with Gasteiger partial charge in [0.1, 0.15) is 5.75 Å². The molecule has 2 aromatic heterocycles. The number of aliphatic hydroxyl groups is 1. The minimum absolute atomic E-state index is 0.0426. The fourth-order valence-electron chi connectivity index (χ4n) is 5.87. The van der Waals surface area contributed by atoms with Crippen LogP contribution >= 0.6 is 22.3 Å². The highest BCUT2D eigenvalue weighted by Crippen LogP contribution is 2.29. The van der Waals surface area contributed by atoms with Gasteiger partial charge in [-0.1, -0.05) is 17.7 Å². The van der Waals surface area contributed by atoms with Gasteiger partial charge in [-0.25, -0.2) is 26.8 Å². The smallest absolute Gasteiger partial charge is 0.311 e. The van der Waals surface area contributed by atoms with Gasteiger partial charge in [0.25, 0.3) is 9.05 Å². The van der Waals surface area contributed by atoms with Crippen LogP contribution < -0.4 is 20.7 Å². The van der Waals surface area contributed by atoms with Crippen molar-refractivity contribution in [1.82, 2.24) is 19.6 Å². The van der Waals surface area contributed by atoms with Crippen molar-refractivity contribution < 1.29 is 36.5 Å². The van der Waals surface area contributed by atoms with Gasteiger partial charge in [-0.3, -0.25) is 20.2 Å². The molecule has 2 aromatic carbocycles. The highest BCUT2D eigenvalue weighted by Gasteiger charge is 2.31. The molecule has 4 N–H and O–H groups in total. The van der Waals surface area contributed by atoms with Gasteiger partial charge < -0.3 is 25.8 Å². The quantitative estimate of drug-likeness (QED) is 0.0827. The minimum atomic E-state index is -3.74. The van der Waals surface area contributed by atoms with Crippen molar-refractivity contribution in [3.05, 3.63) is 109 Å². The lowest BCUT2D eigenvalue weighted by Gasteiger charge is -2.31. The number of sulfonamides is 1. The van der Waals surface area contributed by atoms with Crippen LogP contribution in [0.5, 0.6) is 5.75 Å². The standard InChI is InChI=1S/C18H22N4O5S.C10H14N4O2.C7H6Cl2O3S/c1-13-12-15(5-6-17(13)27-2)28(25,26)21-10-7-14(8-11-21)20-18-16(22(23)24)4-3-9-19-18;15-14(16)9-2-1-5-12-10(9)13-8-3-6-11-7-4-8;8-7-3-6(13(9,11)12)2-1-5(7)4-10/h3-6,9,12,14H,7-8,10-11H2,1-2H3,(H,19,20);1-2,5,8,11H,3-4,6-7H2,(H,12,13);1-3,10H,4H2. The predicted molar refractivity (Wildman–Crippen MR) is 215 cm³/mol. The van der Waals surface area contributed by atoms with E-state index >= 15 is 0 Å². The third kappa shape index (κ3) is 12.6. The minimum Gasteiger partial charge on any atom is -0.496 e. The number of aromatic nitrogens is 2. The van der Waals surface area contributed by atoms with E-state index in [1.165, 1.54) is 46.9 Å². The molecule has 0 radical (unpaired) electrons.